The van der Waals surface area contributed by atoms with Gasteiger partial charge in [-0.3, -0.25) is 4.98 Å². The fraction of sp³-hybridized carbons (Fsp3) is 0.0800. The summed E-state index contributed by atoms with van der Waals surface area (Å²) in [5, 5.41) is 9.28. The van der Waals surface area contributed by atoms with Crippen LogP contribution in [-0.2, 0) is 0 Å². The molecule has 4 aromatic rings. The minimum atomic E-state index is -0.946. The highest BCUT2D eigenvalue weighted by molar-refractivity contribution is 5.89. The Balaban J connectivity index is 1.78. The van der Waals surface area contributed by atoms with Crippen LogP contribution in [0.15, 0.2) is 79.0 Å². The molecule has 0 aliphatic heterocycles. The summed E-state index contributed by atoms with van der Waals surface area (Å²) in [7, 11) is 0. The van der Waals surface area contributed by atoms with Crippen LogP contribution in [-0.4, -0.2) is 21.0 Å². The van der Waals surface area contributed by atoms with E-state index in [9.17, 15) is 9.90 Å². The van der Waals surface area contributed by atoms with E-state index in [0.29, 0.717) is 0 Å². The van der Waals surface area contributed by atoms with Crippen LogP contribution in [0.25, 0.3) is 33.8 Å². The van der Waals surface area contributed by atoms with E-state index < -0.39 is 5.97 Å². The van der Waals surface area contributed by atoms with E-state index >= 15 is 0 Å². The summed E-state index contributed by atoms with van der Waals surface area (Å²) in [6.45, 7) is 4.07. The summed E-state index contributed by atoms with van der Waals surface area (Å²) in [6.07, 6.45) is 1.82. The Hall–Kier alpha value is -3.79. The zero-order chi connectivity index (χ0) is 20.4. The van der Waals surface area contributed by atoms with Crippen LogP contribution in [0.1, 0.15) is 21.5 Å². The van der Waals surface area contributed by atoms with Crippen molar-refractivity contribution < 1.29 is 9.90 Å². The van der Waals surface area contributed by atoms with Crippen molar-refractivity contribution in [2.45, 2.75) is 13.8 Å². The monoisotopic (exact) mass is 380 g/mol. The zero-order valence-electron chi connectivity index (χ0n) is 16.3. The molecule has 0 unspecified atom stereocenters. The van der Waals surface area contributed by atoms with Crippen molar-refractivity contribution in [2.75, 3.05) is 0 Å². The molecule has 4 heteroatoms. The van der Waals surface area contributed by atoms with E-state index in [1.54, 1.807) is 18.2 Å². The molecule has 4 nitrogen and oxygen atoms in total. The van der Waals surface area contributed by atoms with Crippen molar-refractivity contribution >= 4 is 5.97 Å². The number of pyridine rings is 2. The van der Waals surface area contributed by atoms with E-state index in [-0.39, 0.29) is 5.56 Å². The van der Waals surface area contributed by atoms with Gasteiger partial charge < -0.3 is 5.11 Å². The van der Waals surface area contributed by atoms with Crippen LogP contribution < -0.4 is 0 Å². The number of carbonyl (C=O) groups is 1. The molecule has 142 valence electrons. The highest BCUT2D eigenvalue weighted by Gasteiger charge is 2.10. The summed E-state index contributed by atoms with van der Waals surface area (Å²) in [5.74, 6) is -0.946. The first kappa shape index (κ1) is 18.6. The number of benzene rings is 2. The molecule has 1 N–H and O–H groups in total. The van der Waals surface area contributed by atoms with Crippen molar-refractivity contribution in [2.24, 2.45) is 0 Å². The largest absolute Gasteiger partial charge is 0.478 e. The number of nitrogens with zero attached hydrogens (tertiary/aromatic N) is 2. The minimum absolute atomic E-state index is 0.250. The number of aryl methyl sites for hydroxylation is 2. The van der Waals surface area contributed by atoms with Gasteiger partial charge in [0.15, 0.2) is 0 Å². The lowest BCUT2D eigenvalue weighted by Gasteiger charge is -2.10. The average Bonchev–Trinajstić information content (AvgIpc) is 2.73. The number of rotatable bonds is 4. The minimum Gasteiger partial charge on any atom is -0.478 e. The zero-order valence-corrected chi connectivity index (χ0v) is 16.3. The van der Waals surface area contributed by atoms with Crippen molar-refractivity contribution in [1.82, 2.24) is 9.97 Å². The molecular weight excluding hydrogens is 360 g/mol. The molecule has 0 radical (unpaired) electrons. The molecule has 0 amide bonds. The first-order valence-corrected chi connectivity index (χ1v) is 9.35. The van der Waals surface area contributed by atoms with Gasteiger partial charge in [0.1, 0.15) is 0 Å². The Morgan fingerprint density at radius 2 is 1.31 bits per heavy atom. The third-order valence-corrected chi connectivity index (χ3v) is 4.74. The lowest BCUT2D eigenvalue weighted by Crippen LogP contribution is -1.97. The lowest BCUT2D eigenvalue weighted by molar-refractivity contribution is 0.0697. The van der Waals surface area contributed by atoms with Crippen LogP contribution in [0.4, 0.5) is 0 Å². The maximum atomic E-state index is 11.3. The van der Waals surface area contributed by atoms with Gasteiger partial charge in [0.05, 0.1) is 22.6 Å². The quantitative estimate of drug-likeness (QED) is 0.486. The predicted octanol–water partition coefficient (Wildman–Crippen LogP) is 5.79. The van der Waals surface area contributed by atoms with E-state index in [0.717, 1.165) is 44.9 Å². The van der Waals surface area contributed by atoms with Gasteiger partial charge in [0.25, 0.3) is 0 Å². The number of hydrogen-bond donors (Lipinski definition) is 1. The number of hydrogen-bond acceptors (Lipinski definition) is 3. The van der Waals surface area contributed by atoms with E-state index in [2.05, 4.69) is 24.0 Å². The molecule has 2 heterocycles. The molecule has 2 aromatic heterocycles. The molecule has 0 spiro atoms. The molecule has 0 aliphatic carbocycles. The smallest absolute Gasteiger partial charge is 0.335 e. The van der Waals surface area contributed by atoms with Crippen LogP contribution in [0.3, 0.4) is 0 Å². The van der Waals surface area contributed by atoms with Gasteiger partial charge in [-0.25, -0.2) is 9.78 Å². The SMILES string of the molecule is Cc1ccnc(-c2cccc(-c3cc(C)cc(-c4cccc(C(=O)O)c4)n3)c2)c1. The maximum absolute atomic E-state index is 11.3. The summed E-state index contributed by atoms with van der Waals surface area (Å²) < 4.78 is 0. The second-order valence-electron chi connectivity index (χ2n) is 7.10. The van der Waals surface area contributed by atoms with Crippen LogP contribution in [0, 0.1) is 13.8 Å². The molecule has 0 atom stereocenters. The molecule has 0 bridgehead atoms. The number of carboxylic acid groups (broad SMARTS) is 1. The predicted molar refractivity (Wildman–Crippen MR) is 115 cm³/mol. The third kappa shape index (κ3) is 4.06. The van der Waals surface area contributed by atoms with Gasteiger partial charge in [-0.05, 0) is 67.4 Å². The van der Waals surface area contributed by atoms with Crippen molar-refractivity contribution in [3.05, 3.63) is 95.7 Å². The van der Waals surface area contributed by atoms with Crippen LogP contribution in [0.2, 0.25) is 0 Å². The molecule has 0 fully saturated rings. The Bertz CT molecular complexity index is 1210. The fourth-order valence-corrected chi connectivity index (χ4v) is 3.31. The molecular formula is C25H20N2O2. The van der Waals surface area contributed by atoms with Crippen LogP contribution >= 0.6 is 0 Å². The summed E-state index contributed by atoms with van der Waals surface area (Å²) in [4.78, 5) is 20.6. The number of carboxylic acids is 1. The van der Waals surface area contributed by atoms with Gasteiger partial charge in [0.2, 0.25) is 0 Å². The first-order chi connectivity index (χ1) is 14.0. The molecule has 29 heavy (non-hydrogen) atoms. The first-order valence-electron chi connectivity index (χ1n) is 9.35. The highest BCUT2D eigenvalue weighted by Crippen LogP contribution is 2.28. The van der Waals surface area contributed by atoms with E-state index in [1.165, 1.54) is 0 Å². The third-order valence-electron chi connectivity index (χ3n) is 4.74. The normalized spacial score (nSPS) is 10.7. The summed E-state index contributed by atoms with van der Waals surface area (Å²) in [6, 6.07) is 23.1. The van der Waals surface area contributed by atoms with Gasteiger partial charge in [0, 0.05) is 22.9 Å². The molecule has 0 aliphatic rings. The fourth-order valence-electron chi connectivity index (χ4n) is 3.31. The van der Waals surface area contributed by atoms with Crippen LogP contribution in [0.5, 0.6) is 0 Å². The Kier molecular flexibility index (Phi) is 4.92. The average molecular weight is 380 g/mol. The Morgan fingerprint density at radius 1 is 0.724 bits per heavy atom. The van der Waals surface area contributed by atoms with Crippen molar-refractivity contribution in [3.63, 3.8) is 0 Å². The maximum Gasteiger partial charge on any atom is 0.335 e. The second kappa shape index (κ2) is 7.68. The lowest BCUT2D eigenvalue weighted by atomic mass is 10.0. The van der Waals surface area contributed by atoms with E-state index in [4.69, 9.17) is 4.98 Å². The summed E-state index contributed by atoms with van der Waals surface area (Å²) >= 11 is 0. The number of aromatic nitrogens is 2. The van der Waals surface area contributed by atoms with Crippen molar-refractivity contribution in [1.29, 1.82) is 0 Å². The molecule has 0 saturated heterocycles. The van der Waals surface area contributed by atoms with Gasteiger partial charge in [-0.2, -0.15) is 0 Å². The highest BCUT2D eigenvalue weighted by atomic mass is 16.4. The standard InChI is InChI=1S/C25H20N2O2/c1-16-9-10-26-22(11-16)18-5-3-6-19(14-18)23-12-17(2)13-24(27-23)20-7-4-8-21(15-20)25(28)29/h3-15H,1-2H3,(H,28,29). The topological polar surface area (TPSA) is 63.1 Å². The number of aromatic carboxylic acids is 1. The second-order valence-corrected chi connectivity index (χ2v) is 7.10. The van der Waals surface area contributed by atoms with E-state index in [1.807, 2.05) is 55.6 Å². The Labute approximate surface area is 169 Å². The van der Waals surface area contributed by atoms with Gasteiger partial charge >= 0.3 is 5.97 Å². The summed E-state index contributed by atoms with van der Waals surface area (Å²) in [5.41, 5.74) is 7.80. The van der Waals surface area contributed by atoms with Crippen molar-refractivity contribution in [3.8, 4) is 33.8 Å². The Morgan fingerprint density at radius 3 is 1.97 bits per heavy atom. The van der Waals surface area contributed by atoms with Gasteiger partial charge in [-0.15, -0.1) is 0 Å². The van der Waals surface area contributed by atoms with Gasteiger partial charge in [-0.1, -0.05) is 30.3 Å². The molecule has 4 rings (SSSR count). The molecule has 0 saturated carbocycles. The molecule has 2 aromatic carbocycles.